The van der Waals surface area contributed by atoms with E-state index in [1.165, 1.54) is 12.8 Å². The van der Waals surface area contributed by atoms with Crippen molar-refractivity contribution in [1.29, 1.82) is 0 Å². The molecule has 0 aromatic heterocycles. The van der Waals surface area contributed by atoms with Gasteiger partial charge in [0, 0.05) is 19.5 Å². The second kappa shape index (κ2) is 7.24. The Hall–Kier alpha value is -2.04. The molecule has 2 fully saturated rings. The topological polar surface area (TPSA) is 58.6 Å². The molecule has 24 heavy (non-hydrogen) atoms. The maximum atomic E-state index is 12.8. The van der Waals surface area contributed by atoms with E-state index < -0.39 is 0 Å². The van der Waals surface area contributed by atoms with Gasteiger partial charge in [-0.15, -0.1) is 0 Å². The number of hydrogen-bond acceptors (Lipinski definition) is 3. The first-order valence-corrected chi connectivity index (χ1v) is 8.80. The van der Waals surface area contributed by atoms with E-state index in [0.29, 0.717) is 18.9 Å². The van der Waals surface area contributed by atoms with Crippen molar-refractivity contribution >= 4 is 11.8 Å². The highest BCUT2D eigenvalue weighted by Crippen LogP contribution is 2.36. The molecule has 0 spiro atoms. The van der Waals surface area contributed by atoms with Crippen LogP contribution in [0.2, 0.25) is 0 Å². The van der Waals surface area contributed by atoms with Crippen LogP contribution in [0.25, 0.3) is 0 Å². The molecule has 2 atom stereocenters. The molecule has 1 heterocycles. The highest BCUT2D eigenvalue weighted by Gasteiger charge is 2.39. The largest absolute Gasteiger partial charge is 0.497 e. The van der Waals surface area contributed by atoms with Crippen LogP contribution in [0.5, 0.6) is 5.75 Å². The number of ether oxygens (including phenoxy) is 1. The monoisotopic (exact) mass is 330 g/mol. The minimum atomic E-state index is -0.210. The molecule has 1 N–H and O–H groups in total. The van der Waals surface area contributed by atoms with E-state index in [2.05, 4.69) is 5.32 Å². The average Bonchev–Trinajstić information content (AvgIpc) is 3.10. The molecule has 1 aromatic carbocycles. The number of benzene rings is 1. The molecule has 1 aliphatic heterocycles. The second-order valence-electron chi connectivity index (χ2n) is 6.86. The van der Waals surface area contributed by atoms with E-state index in [0.717, 1.165) is 24.2 Å². The van der Waals surface area contributed by atoms with Crippen molar-refractivity contribution in [2.45, 2.75) is 50.6 Å². The molecule has 5 heteroatoms. The summed E-state index contributed by atoms with van der Waals surface area (Å²) in [5.41, 5.74) is 0.984. The van der Waals surface area contributed by atoms with Crippen molar-refractivity contribution in [1.82, 2.24) is 10.2 Å². The van der Waals surface area contributed by atoms with Gasteiger partial charge in [0.15, 0.2) is 0 Å². The number of carbonyl (C=O) groups is 2. The lowest BCUT2D eigenvalue weighted by Crippen LogP contribution is -2.48. The number of nitrogens with one attached hydrogen (secondary N) is 1. The maximum Gasteiger partial charge on any atom is 0.225 e. The normalized spacial score (nSPS) is 24.9. The molecular weight excluding hydrogens is 304 g/mol. The number of hydrogen-bond donors (Lipinski definition) is 1. The van der Waals surface area contributed by atoms with Crippen molar-refractivity contribution < 1.29 is 14.3 Å². The zero-order valence-electron chi connectivity index (χ0n) is 14.5. The Balaban J connectivity index is 1.81. The Morgan fingerprint density at radius 3 is 2.46 bits per heavy atom. The van der Waals surface area contributed by atoms with Gasteiger partial charge in [-0.2, -0.15) is 0 Å². The first-order chi connectivity index (χ1) is 11.6. The molecule has 2 amide bonds. The number of methoxy groups -OCH3 is 1. The van der Waals surface area contributed by atoms with Crippen LogP contribution in [0.1, 0.15) is 50.1 Å². The number of likely N-dealkylation sites (tertiary alicyclic amines) is 1. The van der Waals surface area contributed by atoms with Crippen LogP contribution in [0, 0.1) is 5.92 Å². The zero-order valence-corrected chi connectivity index (χ0v) is 14.5. The predicted octanol–water partition coefficient (Wildman–Crippen LogP) is 2.66. The summed E-state index contributed by atoms with van der Waals surface area (Å²) in [6.45, 7) is 0. The minimum absolute atomic E-state index is 0.0852. The van der Waals surface area contributed by atoms with Crippen LogP contribution in [0.4, 0.5) is 0 Å². The lowest BCUT2D eigenvalue weighted by molar-refractivity contribution is -0.141. The summed E-state index contributed by atoms with van der Waals surface area (Å²) in [6.07, 6.45) is 5.57. The molecule has 1 aliphatic carbocycles. The van der Waals surface area contributed by atoms with Gasteiger partial charge in [0.05, 0.1) is 19.1 Å². The fourth-order valence-electron chi connectivity index (χ4n) is 3.95. The Labute approximate surface area is 143 Å². The molecule has 3 rings (SSSR count). The van der Waals surface area contributed by atoms with E-state index in [4.69, 9.17) is 4.74 Å². The third-order valence-corrected chi connectivity index (χ3v) is 5.36. The summed E-state index contributed by atoms with van der Waals surface area (Å²) in [7, 11) is 3.43. The van der Waals surface area contributed by atoms with E-state index >= 15 is 0 Å². The standard InChI is InChI=1S/C19H26N2O3/c1-21-17(22)12-11-16(19(23)20-14-5-3-4-6-14)18(21)13-7-9-15(24-2)10-8-13/h7-10,14,16,18H,3-6,11-12H2,1-2H3,(H,20,23)/t16-,18-/m1/s1. The quantitative estimate of drug-likeness (QED) is 0.923. The fourth-order valence-corrected chi connectivity index (χ4v) is 3.95. The van der Waals surface area contributed by atoms with Gasteiger partial charge in [0.25, 0.3) is 0 Å². The van der Waals surface area contributed by atoms with E-state index in [9.17, 15) is 9.59 Å². The molecule has 5 nitrogen and oxygen atoms in total. The number of piperidine rings is 1. The third kappa shape index (κ3) is 3.40. The highest BCUT2D eigenvalue weighted by atomic mass is 16.5. The van der Waals surface area contributed by atoms with Gasteiger partial charge in [0.1, 0.15) is 5.75 Å². The van der Waals surface area contributed by atoms with Crippen LogP contribution in [-0.2, 0) is 9.59 Å². The molecule has 0 bridgehead atoms. The van der Waals surface area contributed by atoms with E-state index in [1.807, 2.05) is 24.3 Å². The average molecular weight is 330 g/mol. The molecular formula is C19H26N2O3. The number of carbonyl (C=O) groups excluding carboxylic acids is 2. The van der Waals surface area contributed by atoms with Crippen LogP contribution >= 0.6 is 0 Å². The summed E-state index contributed by atoms with van der Waals surface area (Å²) in [5, 5.41) is 3.20. The van der Waals surface area contributed by atoms with E-state index in [1.54, 1.807) is 19.1 Å². The van der Waals surface area contributed by atoms with Gasteiger partial charge in [-0.1, -0.05) is 25.0 Å². The first-order valence-electron chi connectivity index (χ1n) is 8.80. The highest BCUT2D eigenvalue weighted by molar-refractivity contribution is 5.85. The summed E-state index contributed by atoms with van der Waals surface area (Å²) in [6, 6.07) is 7.76. The molecule has 0 radical (unpaired) electrons. The summed E-state index contributed by atoms with van der Waals surface area (Å²) < 4.78 is 5.21. The van der Waals surface area contributed by atoms with E-state index in [-0.39, 0.29) is 23.8 Å². The summed E-state index contributed by atoms with van der Waals surface area (Å²) in [5.74, 6) is 0.764. The maximum absolute atomic E-state index is 12.8. The van der Waals surface area contributed by atoms with Gasteiger partial charge in [0.2, 0.25) is 11.8 Å². The second-order valence-corrected chi connectivity index (χ2v) is 6.86. The Bertz CT molecular complexity index is 593. The first kappa shape index (κ1) is 16.8. The summed E-state index contributed by atoms with van der Waals surface area (Å²) in [4.78, 5) is 26.7. The van der Waals surface area contributed by atoms with Crippen molar-refractivity contribution in [3.63, 3.8) is 0 Å². The van der Waals surface area contributed by atoms with Crippen LogP contribution < -0.4 is 10.1 Å². The molecule has 1 aromatic rings. The van der Waals surface area contributed by atoms with Crippen LogP contribution in [0.15, 0.2) is 24.3 Å². The molecule has 1 saturated heterocycles. The molecule has 0 unspecified atom stereocenters. The van der Waals surface area contributed by atoms with Gasteiger partial charge in [-0.05, 0) is 37.0 Å². The van der Waals surface area contributed by atoms with Crippen LogP contribution in [-0.4, -0.2) is 36.9 Å². The number of nitrogens with zero attached hydrogens (tertiary/aromatic N) is 1. The molecule has 130 valence electrons. The zero-order chi connectivity index (χ0) is 17.1. The fraction of sp³-hybridized carbons (Fsp3) is 0.579. The summed E-state index contributed by atoms with van der Waals surface area (Å²) >= 11 is 0. The molecule has 1 saturated carbocycles. The van der Waals surface area contributed by atoms with Crippen molar-refractivity contribution in [3.8, 4) is 5.75 Å². The SMILES string of the molecule is COc1ccc([C@@H]2[C@H](C(=O)NC3CCCC3)CCC(=O)N2C)cc1. The van der Waals surface area contributed by atoms with Gasteiger partial charge < -0.3 is 15.0 Å². The Morgan fingerprint density at radius 1 is 1.17 bits per heavy atom. The van der Waals surface area contributed by atoms with Crippen molar-refractivity contribution in [2.24, 2.45) is 5.92 Å². The van der Waals surface area contributed by atoms with Crippen molar-refractivity contribution in [2.75, 3.05) is 14.2 Å². The predicted molar refractivity (Wildman–Crippen MR) is 91.6 cm³/mol. The smallest absolute Gasteiger partial charge is 0.225 e. The van der Waals surface area contributed by atoms with Gasteiger partial charge in [-0.3, -0.25) is 9.59 Å². The van der Waals surface area contributed by atoms with Crippen LogP contribution in [0.3, 0.4) is 0 Å². The number of amides is 2. The minimum Gasteiger partial charge on any atom is -0.497 e. The van der Waals surface area contributed by atoms with Gasteiger partial charge >= 0.3 is 0 Å². The Kier molecular flexibility index (Phi) is 5.07. The van der Waals surface area contributed by atoms with Gasteiger partial charge in [-0.25, -0.2) is 0 Å². The number of rotatable bonds is 4. The lowest BCUT2D eigenvalue weighted by Gasteiger charge is -2.39. The van der Waals surface area contributed by atoms with Crippen molar-refractivity contribution in [3.05, 3.63) is 29.8 Å². The lowest BCUT2D eigenvalue weighted by atomic mass is 9.83. The Morgan fingerprint density at radius 2 is 1.83 bits per heavy atom. The molecule has 2 aliphatic rings. The third-order valence-electron chi connectivity index (χ3n) is 5.36.